The molecule has 0 aromatic carbocycles. The Balaban J connectivity index is 2.24. The largest absolute Gasteiger partial charge is 0.320 e. The molecule has 0 radical (unpaired) electrons. The maximum absolute atomic E-state index is 13.3. The number of hydrogen-bond donors (Lipinski definition) is 1. The molecule has 0 aliphatic rings. The van der Waals surface area contributed by atoms with Crippen molar-refractivity contribution in [1.29, 1.82) is 0 Å². The summed E-state index contributed by atoms with van der Waals surface area (Å²) in [5.74, 6) is -1.23. The van der Waals surface area contributed by atoms with E-state index in [1.165, 1.54) is 12.3 Å². The van der Waals surface area contributed by atoms with Crippen LogP contribution in [0.15, 0.2) is 30.6 Å². The van der Waals surface area contributed by atoms with Crippen LogP contribution in [0.5, 0.6) is 0 Å². The van der Waals surface area contributed by atoms with E-state index in [-0.39, 0.29) is 5.56 Å². The van der Waals surface area contributed by atoms with E-state index < -0.39 is 11.7 Å². The molecular formula is C12H9ClFN3O. The summed E-state index contributed by atoms with van der Waals surface area (Å²) in [5, 5.41) is 2.90. The molecule has 2 heterocycles. The summed E-state index contributed by atoms with van der Waals surface area (Å²) in [6.07, 6.45) is 2.34. The second kappa shape index (κ2) is 5.10. The van der Waals surface area contributed by atoms with E-state index in [1.807, 2.05) is 0 Å². The second-order valence-corrected chi connectivity index (χ2v) is 3.96. The maximum Gasteiger partial charge on any atom is 0.258 e. The van der Waals surface area contributed by atoms with Crippen LogP contribution >= 0.6 is 11.6 Å². The van der Waals surface area contributed by atoms with Gasteiger partial charge in [-0.05, 0) is 25.1 Å². The molecule has 2 aromatic rings. The van der Waals surface area contributed by atoms with E-state index in [1.54, 1.807) is 19.1 Å². The van der Waals surface area contributed by atoms with Crippen LogP contribution in [0.25, 0.3) is 0 Å². The fourth-order valence-electron chi connectivity index (χ4n) is 1.41. The molecule has 0 unspecified atom stereocenters. The molecule has 4 nitrogen and oxygen atoms in total. The number of aromatic nitrogens is 2. The van der Waals surface area contributed by atoms with Crippen molar-refractivity contribution < 1.29 is 9.18 Å². The third kappa shape index (κ3) is 2.62. The van der Waals surface area contributed by atoms with Crippen molar-refractivity contribution in [2.45, 2.75) is 6.92 Å². The SMILES string of the molecule is Cc1nc(Cl)ccc1NC(=O)c1ccncc1F. The van der Waals surface area contributed by atoms with Crippen molar-refractivity contribution in [2.24, 2.45) is 0 Å². The third-order valence-electron chi connectivity index (χ3n) is 2.32. The van der Waals surface area contributed by atoms with Gasteiger partial charge < -0.3 is 5.32 Å². The Hall–Kier alpha value is -2.01. The molecule has 0 spiro atoms. The average Bonchev–Trinajstić information content (AvgIpc) is 2.33. The predicted octanol–water partition coefficient (Wildman–Crippen LogP) is 2.83. The topological polar surface area (TPSA) is 54.9 Å². The molecule has 0 fully saturated rings. The number of carbonyl (C=O) groups is 1. The molecule has 1 amide bonds. The van der Waals surface area contributed by atoms with Crippen molar-refractivity contribution >= 4 is 23.2 Å². The molecular weight excluding hydrogens is 257 g/mol. The summed E-state index contributed by atoms with van der Waals surface area (Å²) < 4.78 is 13.3. The van der Waals surface area contributed by atoms with Crippen LogP contribution < -0.4 is 5.32 Å². The van der Waals surface area contributed by atoms with Crippen LogP contribution in [0.2, 0.25) is 5.15 Å². The van der Waals surface area contributed by atoms with E-state index in [4.69, 9.17) is 11.6 Å². The van der Waals surface area contributed by atoms with Gasteiger partial charge in [0.1, 0.15) is 5.15 Å². The molecule has 18 heavy (non-hydrogen) atoms. The number of halogens is 2. The minimum Gasteiger partial charge on any atom is -0.320 e. The van der Waals surface area contributed by atoms with Gasteiger partial charge in [-0.1, -0.05) is 11.6 Å². The molecule has 0 bridgehead atoms. The van der Waals surface area contributed by atoms with Gasteiger partial charge in [0, 0.05) is 6.20 Å². The van der Waals surface area contributed by atoms with Crippen molar-refractivity contribution in [2.75, 3.05) is 5.32 Å². The zero-order valence-corrected chi connectivity index (χ0v) is 10.2. The molecule has 2 aromatic heterocycles. The highest BCUT2D eigenvalue weighted by molar-refractivity contribution is 6.29. The lowest BCUT2D eigenvalue weighted by Crippen LogP contribution is -2.15. The van der Waals surface area contributed by atoms with Crippen molar-refractivity contribution in [3.63, 3.8) is 0 Å². The first kappa shape index (κ1) is 12.4. The highest BCUT2D eigenvalue weighted by Crippen LogP contribution is 2.17. The number of rotatable bonds is 2. The van der Waals surface area contributed by atoms with Crippen LogP contribution in [-0.2, 0) is 0 Å². The lowest BCUT2D eigenvalue weighted by atomic mass is 10.2. The van der Waals surface area contributed by atoms with Crippen LogP contribution in [0.4, 0.5) is 10.1 Å². The fourth-order valence-corrected chi connectivity index (χ4v) is 1.60. The van der Waals surface area contributed by atoms with Crippen molar-refractivity contribution in [1.82, 2.24) is 9.97 Å². The van der Waals surface area contributed by atoms with Gasteiger partial charge in [0.25, 0.3) is 5.91 Å². The number of nitrogens with zero attached hydrogens (tertiary/aromatic N) is 2. The first-order valence-corrected chi connectivity index (χ1v) is 5.50. The molecule has 1 N–H and O–H groups in total. The van der Waals surface area contributed by atoms with E-state index in [0.717, 1.165) is 6.20 Å². The Bertz CT molecular complexity index is 604. The summed E-state index contributed by atoms with van der Waals surface area (Å²) in [7, 11) is 0. The summed E-state index contributed by atoms with van der Waals surface area (Å²) in [6, 6.07) is 4.47. The van der Waals surface area contributed by atoms with E-state index in [9.17, 15) is 9.18 Å². The minimum atomic E-state index is -0.672. The van der Waals surface area contributed by atoms with E-state index >= 15 is 0 Å². The molecule has 0 saturated carbocycles. The van der Waals surface area contributed by atoms with E-state index in [0.29, 0.717) is 16.5 Å². The molecule has 0 aliphatic carbocycles. The Kier molecular flexibility index (Phi) is 3.53. The number of carbonyl (C=O) groups excluding carboxylic acids is 1. The number of anilines is 1. The van der Waals surface area contributed by atoms with Gasteiger partial charge in [-0.15, -0.1) is 0 Å². The monoisotopic (exact) mass is 265 g/mol. The van der Waals surface area contributed by atoms with Gasteiger partial charge in [0.15, 0.2) is 5.82 Å². The summed E-state index contributed by atoms with van der Waals surface area (Å²) in [5.41, 5.74) is 0.977. The molecule has 0 saturated heterocycles. The van der Waals surface area contributed by atoms with Gasteiger partial charge in [0.2, 0.25) is 0 Å². The van der Waals surface area contributed by atoms with Gasteiger partial charge in [-0.3, -0.25) is 9.78 Å². The fraction of sp³-hybridized carbons (Fsp3) is 0.0833. The summed E-state index contributed by atoms with van der Waals surface area (Å²) in [4.78, 5) is 19.4. The number of pyridine rings is 2. The zero-order valence-electron chi connectivity index (χ0n) is 9.45. The van der Waals surface area contributed by atoms with Gasteiger partial charge in [-0.2, -0.15) is 0 Å². The normalized spacial score (nSPS) is 10.2. The van der Waals surface area contributed by atoms with E-state index in [2.05, 4.69) is 15.3 Å². The molecule has 0 aliphatic heterocycles. The number of amides is 1. The Morgan fingerprint density at radius 3 is 2.83 bits per heavy atom. The summed E-state index contributed by atoms with van der Waals surface area (Å²) in [6.45, 7) is 1.70. The van der Waals surface area contributed by atoms with Crippen LogP contribution in [-0.4, -0.2) is 15.9 Å². The van der Waals surface area contributed by atoms with Gasteiger partial charge >= 0.3 is 0 Å². The van der Waals surface area contributed by atoms with Crippen molar-refractivity contribution in [3.05, 3.63) is 52.8 Å². The highest BCUT2D eigenvalue weighted by atomic mass is 35.5. The lowest BCUT2D eigenvalue weighted by molar-refractivity contribution is 0.102. The third-order valence-corrected chi connectivity index (χ3v) is 2.53. The Morgan fingerprint density at radius 2 is 2.17 bits per heavy atom. The van der Waals surface area contributed by atoms with Crippen LogP contribution in [0.3, 0.4) is 0 Å². The highest BCUT2D eigenvalue weighted by Gasteiger charge is 2.12. The predicted molar refractivity (Wildman–Crippen MR) is 66.1 cm³/mol. The zero-order chi connectivity index (χ0) is 13.1. The number of hydrogen-bond acceptors (Lipinski definition) is 3. The molecule has 2 rings (SSSR count). The van der Waals surface area contributed by atoms with Crippen LogP contribution in [0.1, 0.15) is 16.1 Å². The Morgan fingerprint density at radius 1 is 1.39 bits per heavy atom. The van der Waals surface area contributed by atoms with Gasteiger partial charge in [0.05, 0.1) is 23.1 Å². The Labute approximate surface area is 108 Å². The first-order valence-electron chi connectivity index (χ1n) is 5.12. The quantitative estimate of drug-likeness (QED) is 0.850. The summed E-state index contributed by atoms with van der Waals surface area (Å²) >= 11 is 5.70. The standard InChI is InChI=1S/C12H9ClFN3O/c1-7-10(2-3-11(13)16-7)17-12(18)8-4-5-15-6-9(8)14/h2-6H,1H3,(H,17,18). The minimum absolute atomic E-state index is 0.0700. The van der Waals surface area contributed by atoms with Crippen molar-refractivity contribution in [3.8, 4) is 0 Å². The molecule has 92 valence electrons. The average molecular weight is 266 g/mol. The smallest absolute Gasteiger partial charge is 0.258 e. The van der Waals surface area contributed by atoms with Crippen LogP contribution in [0, 0.1) is 12.7 Å². The number of nitrogens with one attached hydrogen (secondary N) is 1. The number of aryl methyl sites for hydroxylation is 1. The van der Waals surface area contributed by atoms with Gasteiger partial charge in [-0.25, -0.2) is 9.37 Å². The lowest BCUT2D eigenvalue weighted by Gasteiger charge is -2.08. The molecule has 0 atom stereocenters. The second-order valence-electron chi connectivity index (χ2n) is 3.58. The maximum atomic E-state index is 13.3. The molecule has 6 heteroatoms. The first-order chi connectivity index (χ1) is 8.58.